The molecule has 0 saturated carbocycles. The highest BCUT2D eigenvalue weighted by molar-refractivity contribution is 7.89. The summed E-state index contributed by atoms with van der Waals surface area (Å²) in [4.78, 5) is 2.87. The molecular formula is C21H26N2O3S. The van der Waals surface area contributed by atoms with Crippen LogP contribution in [-0.4, -0.2) is 40.1 Å². The Morgan fingerprint density at radius 2 is 1.96 bits per heavy atom. The SMILES string of the molecule is COc1ccc2c(c1)CCN1CCC(CNS(=O)(=O)c3ccccc3)CC21. The summed E-state index contributed by atoms with van der Waals surface area (Å²) in [6.45, 7) is 2.58. The molecule has 0 amide bonds. The molecule has 4 rings (SSSR count). The standard InChI is InChI=1S/C21H26N2O3S/c1-26-18-7-8-20-17(14-18)10-12-23-11-9-16(13-21(20)23)15-22-27(24,25)19-5-3-2-4-6-19/h2-8,14,16,21-22H,9-13,15H2,1H3. The number of benzene rings is 2. The van der Waals surface area contributed by atoms with Gasteiger partial charge in [-0.3, -0.25) is 4.90 Å². The normalized spacial score (nSPS) is 22.7. The van der Waals surface area contributed by atoms with Gasteiger partial charge in [0, 0.05) is 19.1 Å². The highest BCUT2D eigenvalue weighted by Gasteiger charge is 2.34. The van der Waals surface area contributed by atoms with Crippen LogP contribution in [0.2, 0.25) is 0 Å². The number of methoxy groups -OCH3 is 1. The van der Waals surface area contributed by atoms with Crippen molar-refractivity contribution in [1.29, 1.82) is 0 Å². The molecule has 6 heteroatoms. The monoisotopic (exact) mass is 386 g/mol. The Balaban J connectivity index is 1.45. The van der Waals surface area contributed by atoms with E-state index in [-0.39, 0.29) is 0 Å². The van der Waals surface area contributed by atoms with Gasteiger partial charge in [0.05, 0.1) is 12.0 Å². The second kappa shape index (κ2) is 7.62. The largest absolute Gasteiger partial charge is 0.497 e. The van der Waals surface area contributed by atoms with Gasteiger partial charge in [0.1, 0.15) is 5.75 Å². The van der Waals surface area contributed by atoms with Gasteiger partial charge >= 0.3 is 0 Å². The number of rotatable bonds is 5. The van der Waals surface area contributed by atoms with Crippen molar-refractivity contribution < 1.29 is 13.2 Å². The van der Waals surface area contributed by atoms with Crippen LogP contribution >= 0.6 is 0 Å². The van der Waals surface area contributed by atoms with Gasteiger partial charge in [0.15, 0.2) is 0 Å². The molecule has 0 radical (unpaired) electrons. The van der Waals surface area contributed by atoms with Crippen LogP contribution < -0.4 is 9.46 Å². The van der Waals surface area contributed by atoms with E-state index < -0.39 is 10.0 Å². The maximum atomic E-state index is 12.5. The molecule has 1 N–H and O–H groups in total. The maximum absolute atomic E-state index is 12.5. The number of sulfonamides is 1. The van der Waals surface area contributed by atoms with Crippen molar-refractivity contribution in [2.45, 2.75) is 30.2 Å². The highest BCUT2D eigenvalue weighted by Crippen LogP contribution is 2.39. The van der Waals surface area contributed by atoms with Gasteiger partial charge in [-0.15, -0.1) is 0 Å². The molecule has 0 spiro atoms. The zero-order valence-electron chi connectivity index (χ0n) is 15.6. The molecule has 2 atom stereocenters. The first kappa shape index (κ1) is 18.5. The van der Waals surface area contributed by atoms with Crippen molar-refractivity contribution in [2.24, 2.45) is 5.92 Å². The Morgan fingerprint density at radius 1 is 1.15 bits per heavy atom. The van der Waals surface area contributed by atoms with Crippen LogP contribution in [0.4, 0.5) is 0 Å². The first-order valence-corrected chi connectivity index (χ1v) is 11.0. The molecule has 0 aliphatic carbocycles. The lowest BCUT2D eigenvalue weighted by atomic mass is 9.82. The maximum Gasteiger partial charge on any atom is 0.240 e. The summed E-state index contributed by atoms with van der Waals surface area (Å²) in [6, 6.07) is 15.3. The molecule has 0 aromatic heterocycles. The molecule has 1 saturated heterocycles. The lowest BCUT2D eigenvalue weighted by molar-refractivity contribution is 0.104. The van der Waals surface area contributed by atoms with Crippen LogP contribution in [0.25, 0.3) is 0 Å². The number of fused-ring (bicyclic) bond motifs is 3. The van der Waals surface area contributed by atoms with Gasteiger partial charge in [-0.05, 0) is 67.1 Å². The molecule has 2 aromatic carbocycles. The van der Waals surface area contributed by atoms with Crippen molar-refractivity contribution in [2.75, 3.05) is 26.7 Å². The zero-order valence-corrected chi connectivity index (χ0v) is 16.4. The lowest BCUT2D eigenvalue weighted by Crippen LogP contribution is -2.43. The van der Waals surface area contributed by atoms with E-state index in [1.54, 1.807) is 31.4 Å². The molecule has 1 fully saturated rings. The summed E-state index contributed by atoms with van der Waals surface area (Å²) in [7, 11) is -1.74. The zero-order chi connectivity index (χ0) is 18.9. The molecule has 2 unspecified atom stereocenters. The highest BCUT2D eigenvalue weighted by atomic mass is 32.2. The van der Waals surface area contributed by atoms with Crippen molar-refractivity contribution in [3.8, 4) is 5.75 Å². The third kappa shape index (κ3) is 3.88. The van der Waals surface area contributed by atoms with E-state index in [9.17, 15) is 8.42 Å². The Labute approximate surface area is 161 Å². The Kier molecular flexibility index (Phi) is 5.21. The van der Waals surface area contributed by atoms with Crippen LogP contribution in [0.5, 0.6) is 5.75 Å². The second-order valence-corrected chi connectivity index (χ2v) is 9.19. The fraction of sp³-hybridized carbons (Fsp3) is 0.429. The average molecular weight is 387 g/mol. The molecule has 0 bridgehead atoms. The van der Waals surface area contributed by atoms with Crippen LogP contribution in [0, 0.1) is 5.92 Å². The summed E-state index contributed by atoms with van der Waals surface area (Å²) < 4.78 is 33.2. The third-order valence-electron chi connectivity index (χ3n) is 5.81. The summed E-state index contributed by atoms with van der Waals surface area (Å²) in [5.41, 5.74) is 2.73. The van der Waals surface area contributed by atoms with Gasteiger partial charge in [0.2, 0.25) is 10.0 Å². The fourth-order valence-corrected chi connectivity index (χ4v) is 5.43. The minimum absolute atomic E-state index is 0.331. The minimum Gasteiger partial charge on any atom is -0.497 e. The Bertz CT molecular complexity index is 899. The van der Waals surface area contributed by atoms with Crippen molar-refractivity contribution in [1.82, 2.24) is 9.62 Å². The van der Waals surface area contributed by atoms with Crippen molar-refractivity contribution in [3.63, 3.8) is 0 Å². The topological polar surface area (TPSA) is 58.6 Å². The number of nitrogens with zero attached hydrogens (tertiary/aromatic N) is 1. The van der Waals surface area contributed by atoms with E-state index in [2.05, 4.69) is 21.8 Å². The van der Waals surface area contributed by atoms with Crippen LogP contribution in [0.15, 0.2) is 53.4 Å². The Hall–Kier alpha value is -1.89. The predicted octanol–water partition coefficient (Wildman–Crippen LogP) is 2.98. The summed E-state index contributed by atoms with van der Waals surface area (Å²) in [5, 5.41) is 0. The molecule has 2 heterocycles. The molecular weight excluding hydrogens is 360 g/mol. The van der Waals surface area contributed by atoms with Crippen LogP contribution in [0.3, 0.4) is 0 Å². The van der Waals surface area contributed by atoms with Gasteiger partial charge in [0.25, 0.3) is 0 Å². The Morgan fingerprint density at radius 3 is 2.74 bits per heavy atom. The van der Waals surface area contributed by atoms with E-state index in [1.165, 1.54) is 11.1 Å². The number of hydrogen-bond donors (Lipinski definition) is 1. The van der Waals surface area contributed by atoms with Crippen LogP contribution in [0.1, 0.15) is 30.0 Å². The van der Waals surface area contributed by atoms with Gasteiger partial charge in [-0.25, -0.2) is 13.1 Å². The van der Waals surface area contributed by atoms with Gasteiger partial charge in [-0.1, -0.05) is 24.3 Å². The van der Waals surface area contributed by atoms with Gasteiger partial charge < -0.3 is 4.74 Å². The fourth-order valence-electron chi connectivity index (χ4n) is 4.29. The molecule has 2 aliphatic rings. The number of piperidine rings is 1. The van der Waals surface area contributed by atoms with E-state index in [0.717, 1.165) is 38.1 Å². The van der Waals surface area contributed by atoms with E-state index in [4.69, 9.17) is 4.74 Å². The number of hydrogen-bond acceptors (Lipinski definition) is 4. The van der Waals surface area contributed by atoms with Crippen molar-refractivity contribution >= 4 is 10.0 Å². The first-order chi connectivity index (χ1) is 13.1. The van der Waals surface area contributed by atoms with E-state index in [1.807, 2.05) is 12.1 Å². The molecule has 5 nitrogen and oxygen atoms in total. The second-order valence-electron chi connectivity index (χ2n) is 7.42. The molecule has 144 valence electrons. The molecule has 27 heavy (non-hydrogen) atoms. The number of nitrogens with one attached hydrogen (secondary N) is 1. The minimum atomic E-state index is -3.44. The summed E-state index contributed by atoms with van der Waals surface area (Å²) in [5.74, 6) is 1.25. The smallest absolute Gasteiger partial charge is 0.240 e. The number of ether oxygens (including phenoxy) is 1. The van der Waals surface area contributed by atoms with Crippen LogP contribution in [-0.2, 0) is 16.4 Å². The predicted molar refractivity (Wildman–Crippen MR) is 105 cm³/mol. The summed E-state index contributed by atoms with van der Waals surface area (Å²) in [6.07, 6.45) is 3.06. The molecule has 2 aliphatic heterocycles. The first-order valence-electron chi connectivity index (χ1n) is 9.52. The summed E-state index contributed by atoms with van der Waals surface area (Å²) >= 11 is 0. The quantitative estimate of drug-likeness (QED) is 0.858. The molecule has 2 aromatic rings. The average Bonchev–Trinajstić information content (AvgIpc) is 2.72. The van der Waals surface area contributed by atoms with E-state index in [0.29, 0.717) is 23.4 Å². The van der Waals surface area contributed by atoms with Gasteiger partial charge in [-0.2, -0.15) is 0 Å². The van der Waals surface area contributed by atoms with Crippen molar-refractivity contribution in [3.05, 3.63) is 59.7 Å². The third-order valence-corrected chi connectivity index (χ3v) is 7.25. The lowest BCUT2D eigenvalue weighted by Gasteiger charge is -2.43. The van der Waals surface area contributed by atoms with E-state index >= 15 is 0 Å².